The summed E-state index contributed by atoms with van der Waals surface area (Å²) in [4.78, 5) is 22.1. The van der Waals surface area contributed by atoms with Gasteiger partial charge in [-0.2, -0.15) is 4.72 Å². The van der Waals surface area contributed by atoms with Gasteiger partial charge in [0, 0.05) is 12.1 Å². The largest absolute Gasteiger partial charge is 0.450 e. The lowest BCUT2D eigenvalue weighted by molar-refractivity contribution is -0.384. The molecular weight excluding hydrogens is 443 g/mol. The first-order valence-corrected chi connectivity index (χ1v) is 10.4. The number of non-ortho nitro benzene ring substituents is 1. The van der Waals surface area contributed by atoms with Crippen LogP contribution in [0.15, 0.2) is 63.5 Å². The third-order valence-corrected chi connectivity index (χ3v) is 6.57. The summed E-state index contributed by atoms with van der Waals surface area (Å²) in [6.45, 7) is 1.81. The first kappa shape index (κ1) is 21.3. The van der Waals surface area contributed by atoms with Gasteiger partial charge in [0.05, 0.1) is 20.9 Å². The number of nitro benzene ring substituents is 1. The van der Waals surface area contributed by atoms with Crippen LogP contribution in [0.4, 0.5) is 5.69 Å². The summed E-state index contributed by atoms with van der Waals surface area (Å²) >= 11 is 11.9. The fraction of sp³-hybridized carbons (Fsp3) is 0.167. The van der Waals surface area contributed by atoms with Crippen LogP contribution in [0.5, 0.6) is 0 Å². The van der Waals surface area contributed by atoms with Crippen molar-refractivity contribution < 1.29 is 22.9 Å². The van der Waals surface area contributed by atoms with Crippen LogP contribution in [-0.2, 0) is 19.6 Å². The molecule has 2 aromatic rings. The number of esters is 1. The monoisotopic (exact) mass is 456 g/mol. The van der Waals surface area contributed by atoms with E-state index in [1.54, 1.807) is 12.1 Å². The molecule has 0 bridgehead atoms. The standard InChI is InChI=1S/C18H14Cl2N2O6S/c1-10-2-8-13(9-3-10)29(26,27)21-16(17-14(19)15(20)18(23)28-17)11-4-6-12(7-5-11)22(24)25/h2-9,16-17,21H,1H3/t16-,17-/m1/s1. The summed E-state index contributed by atoms with van der Waals surface area (Å²) in [6, 6.07) is 10.1. The Morgan fingerprint density at radius 1 is 1.10 bits per heavy atom. The molecule has 8 nitrogen and oxygen atoms in total. The Labute approximate surface area is 176 Å². The van der Waals surface area contributed by atoms with E-state index in [1.807, 2.05) is 6.92 Å². The molecule has 3 rings (SSSR count). The molecule has 0 fully saturated rings. The molecule has 2 atom stereocenters. The van der Waals surface area contributed by atoms with Gasteiger partial charge in [-0.3, -0.25) is 10.1 Å². The van der Waals surface area contributed by atoms with Gasteiger partial charge in [-0.05, 0) is 24.6 Å². The highest BCUT2D eigenvalue weighted by Gasteiger charge is 2.40. The van der Waals surface area contributed by atoms with Gasteiger partial charge in [0.25, 0.3) is 5.69 Å². The van der Waals surface area contributed by atoms with Gasteiger partial charge in [-0.15, -0.1) is 0 Å². The predicted octanol–water partition coefficient (Wildman–Crippen LogP) is 3.54. The fourth-order valence-corrected chi connectivity index (χ4v) is 4.34. The van der Waals surface area contributed by atoms with Gasteiger partial charge in [0.15, 0.2) is 6.10 Å². The van der Waals surface area contributed by atoms with Crippen LogP contribution >= 0.6 is 23.2 Å². The number of cyclic esters (lactones) is 1. The molecule has 0 saturated carbocycles. The van der Waals surface area contributed by atoms with E-state index in [4.69, 9.17) is 27.9 Å². The van der Waals surface area contributed by atoms with Gasteiger partial charge in [-0.1, -0.05) is 53.0 Å². The minimum atomic E-state index is -4.05. The number of nitrogens with one attached hydrogen (secondary N) is 1. The van der Waals surface area contributed by atoms with E-state index in [0.717, 1.165) is 5.56 Å². The number of sulfonamides is 1. The van der Waals surface area contributed by atoms with Crippen molar-refractivity contribution in [1.29, 1.82) is 0 Å². The van der Waals surface area contributed by atoms with E-state index >= 15 is 0 Å². The average Bonchev–Trinajstić information content (AvgIpc) is 2.94. The van der Waals surface area contributed by atoms with Crippen molar-refractivity contribution in [3.63, 3.8) is 0 Å². The minimum Gasteiger partial charge on any atom is -0.450 e. The number of carbonyl (C=O) groups excluding carboxylic acids is 1. The molecule has 0 aliphatic carbocycles. The van der Waals surface area contributed by atoms with Crippen molar-refractivity contribution in [2.75, 3.05) is 0 Å². The quantitative estimate of drug-likeness (QED) is 0.403. The topological polar surface area (TPSA) is 116 Å². The number of aryl methyl sites for hydroxylation is 1. The van der Waals surface area contributed by atoms with Crippen molar-refractivity contribution in [3.8, 4) is 0 Å². The third kappa shape index (κ3) is 4.43. The van der Waals surface area contributed by atoms with Crippen molar-refractivity contribution in [3.05, 3.63) is 79.8 Å². The van der Waals surface area contributed by atoms with Crippen molar-refractivity contribution in [2.24, 2.45) is 0 Å². The molecule has 0 radical (unpaired) electrons. The summed E-state index contributed by atoms with van der Waals surface area (Å²) in [7, 11) is -4.05. The Hall–Kier alpha value is -2.46. The zero-order chi connectivity index (χ0) is 21.3. The van der Waals surface area contributed by atoms with E-state index in [0.29, 0.717) is 5.56 Å². The van der Waals surface area contributed by atoms with Gasteiger partial charge in [0.1, 0.15) is 5.03 Å². The second-order valence-corrected chi connectivity index (χ2v) is 8.75. The number of nitro groups is 1. The highest BCUT2D eigenvalue weighted by atomic mass is 35.5. The first-order chi connectivity index (χ1) is 13.6. The summed E-state index contributed by atoms with van der Waals surface area (Å²) in [5, 5.41) is 10.4. The smallest absolute Gasteiger partial charge is 0.351 e. The summed E-state index contributed by atoms with van der Waals surface area (Å²) in [5.41, 5.74) is 0.990. The van der Waals surface area contributed by atoms with E-state index in [-0.39, 0.29) is 20.6 Å². The molecule has 0 amide bonds. The molecule has 2 aromatic carbocycles. The number of carbonyl (C=O) groups is 1. The number of benzene rings is 2. The third-order valence-electron chi connectivity index (χ3n) is 4.25. The number of ether oxygens (including phenoxy) is 1. The van der Waals surface area contributed by atoms with Gasteiger partial charge < -0.3 is 4.74 Å². The zero-order valence-electron chi connectivity index (χ0n) is 14.8. The van der Waals surface area contributed by atoms with Crippen molar-refractivity contribution >= 4 is 44.9 Å². The van der Waals surface area contributed by atoms with Crippen LogP contribution in [0.25, 0.3) is 0 Å². The first-order valence-electron chi connectivity index (χ1n) is 8.19. The molecular formula is C18H14Cl2N2O6S. The molecule has 1 aliphatic rings. The van der Waals surface area contributed by atoms with Crippen LogP contribution in [0.2, 0.25) is 0 Å². The lowest BCUT2D eigenvalue weighted by atomic mass is 10.0. The maximum Gasteiger partial charge on any atom is 0.351 e. The molecule has 29 heavy (non-hydrogen) atoms. The molecule has 0 aromatic heterocycles. The summed E-state index contributed by atoms with van der Waals surface area (Å²) in [5.74, 6) is -0.886. The van der Waals surface area contributed by atoms with Gasteiger partial charge in [0.2, 0.25) is 10.0 Å². The lowest BCUT2D eigenvalue weighted by Crippen LogP contribution is -2.37. The molecule has 0 unspecified atom stereocenters. The molecule has 1 heterocycles. The number of nitrogens with zero attached hydrogens (tertiary/aromatic N) is 1. The molecule has 1 N–H and O–H groups in total. The van der Waals surface area contributed by atoms with Gasteiger partial charge in [-0.25, -0.2) is 13.2 Å². The second-order valence-electron chi connectivity index (χ2n) is 6.25. The maximum atomic E-state index is 12.9. The van der Waals surface area contributed by atoms with Crippen LogP contribution in [0.1, 0.15) is 17.2 Å². The molecule has 0 spiro atoms. The van der Waals surface area contributed by atoms with Crippen LogP contribution in [-0.4, -0.2) is 25.4 Å². The Morgan fingerprint density at radius 3 is 2.17 bits per heavy atom. The SMILES string of the molecule is Cc1ccc(S(=O)(=O)N[C@H](c2ccc([N+](=O)[O-])cc2)[C@@H]2OC(=O)C(Cl)=C2Cl)cc1. The lowest BCUT2D eigenvalue weighted by Gasteiger charge is -2.24. The van der Waals surface area contributed by atoms with Crippen molar-refractivity contribution in [2.45, 2.75) is 24.0 Å². The summed E-state index contributed by atoms with van der Waals surface area (Å²) in [6.07, 6.45) is -1.22. The Bertz CT molecular complexity index is 1100. The molecule has 11 heteroatoms. The second kappa shape index (κ2) is 8.11. The Kier molecular flexibility index (Phi) is 5.95. The minimum absolute atomic E-state index is 0.00876. The number of hydrogen-bond donors (Lipinski definition) is 1. The number of rotatable bonds is 6. The van der Waals surface area contributed by atoms with Crippen LogP contribution in [0, 0.1) is 17.0 Å². The Balaban J connectivity index is 2.02. The highest BCUT2D eigenvalue weighted by molar-refractivity contribution is 7.89. The maximum absolute atomic E-state index is 12.9. The van der Waals surface area contributed by atoms with E-state index in [2.05, 4.69) is 4.72 Å². The van der Waals surface area contributed by atoms with Crippen molar-refractivity contribution in [1.82, 2.24) is 4.72 Å². The highest BCUT2D eigenvalue weighted by Crippen LogP contribution is 2.37. The Morgan fingerprint density at radius 2 is 1.69 bits per heavy atom. The number of hydrogen-bond acceptors (Lipinski definition) is 6. The molecule has 1 aliphatic heterocycles. The fourth-order valence-electron chi connectivity index (χ4n) is 2.72. The average molecular weight is 457 g/mol. The summed E-state index contributed by atoms with van der Waals surface area (Å²) < 4.78 is 33.4. The number of halogens is 2. The molecule has 152 valence electrons. The normalized spacial score (nSPS) is 17.9. The van der Waals surface area contributed by atoms with E-state index < -0.39 is 33.1 Å². The zero-order valence-corrected chi connectivity index (χ0v) is 17.2. The van der Waals surface area contributed by atoms with Gasteiger partial charge >= 0.3 is 5.97 Å². The van der Waals surface area contributed by atoms with E-state index in [1.165, 1.54) is 36.4 Å². The van der Waals surface area contributed by atoms with Crippen LogP contribution < -0.4 is 4.72 Å². The van der Waals surface area contributed by atoms with E-state index in [9.17, 15) is 23.3 Å². The molecule has 0 saturated heterocycles. The predicted molar refractivity (Wildman–Crippen MR) is 106 cm³/mol. The van der Waals surface area contributed by atoms with Crippen LogP contribution in [0.3, 0.4) is 0 Å².